The molecule has 0 saturated heterocycles. The Bertz CT molecular complexity index is 1020. The predicted octanol–water partition coefficient (Wildman–Crippen LogP) is 5.19. The molecule has 0 amide bonds. The third-order valence-corrected chi connectivity index (χ3v) is 6.72. The standard InChI is InChI=1S/C23H24N/c1-5-23-14-22(23,4)24-19-9-7-6-8-17(19)10-11-20(24)18-13-15(2)12-16(3)21(18)23/h6-13H,5,14H2,1-4H3/q+1. The highest BCUT2D eigenvalue weighted by Gasteiger charge is 2.75. The molecule has 0 spiro atoms. The van der Waals surface area contributed by atoms with Crippen molar-refractivity contribution < 1.29 is 4.57 Å². The normalized spacial score (nSPS) is 26.7. The van der Waals surface area contributed by atoms with E-state index in [4.69, 9.17) is 0 Å². The Morgan fingerprint density at radius 2 is 1.83 bits per heavy atom. The van der Waals surface area contributed by atoms with Gasteiger partial charge in [0.05, 0.1) is 11.0 Å². The summed E-state index contributed by atoms with van der Waals surface area (Å²) in [7, 11) is 0. The first-order valence-corrected chi connectivity index (χ1v) is 9.08. The minimum absolute atomic E-state index is 0.199. The van der Waals surface area contributed by atoms with Crippen molar-refractivity contribution in [2.45, 2.75) is 51.5 Å². The van der Waals surface area contributed by atoms with Gasteiger partial charge in [-0.05, 0) is 49.6 Å². The summed E-state index contributed by atoms with van der Waals surface area (Å²) in [6, 6.07) is 18.2. The number of rotatable bonds is 1. The summed E-state index contributed by atoms with van der Waals surface area (Å²) in [5, 5.41) is 1.34. The molecular formula is C23H24N+. The summed E-state index contributed by atoms with van der Waals surface area (Å²) >= 11 is 0. The van der Waals surface area contributed by atoms with Gasteiger partial charge in [-0.15, -0.1) is 0 Å². The van der Waals surface area contributed by atoms with Gasteiger partial charge in [-0.1, -0.05) is 30.7 Å². The third-order valence-electron chi connectivity index (χ3n) is 6.72. The molecule has 1 aliphatic carbocycles. The first kappa shape index (κ1) is 14.2. The molecule has 5 rings (SSSR count). The fourth-order valence-electron chi connectivity index (χ4n) is 5.63. The molecule has 0 radical (unpaired) electrons. The Balaban J connectivity index is 1.98. The van der Waals surface area contributed by atoms with Gasteiger partial charge >= 0.3 is 0 Å². The lowest BCUT2D eigenvalue weighted by atomic mass is 9.78. The number of para-hydroxylation sites is 1. The van der Waals surface area contributed by atoms with Crippen molar-refractivity contribution in [3.8, 4) is 11.3 Å². The van der Waals surface area contributed by atoms with Crippen LogP contribution in [0.4, 0.5) is 0 Å². The van der Waals surface area contributed by atoms with Crippen LogP contribution < -0.4 is 4.57 Å². The zero-order valence-electron chi connectivity index (χ0n) is 15.0. The lowest BCUT2D eigenvalue weighted by molar-refractivity contribution is -0.707. The molecule has 1 aliphatic heterocycles. The highest BCUT2D eigenvalue weighted by molar-refractivity contribution is 5.80. The van der Waals surface area contributed by atoms with Gasteiger partial charge in [0.25, 0.3) is 0 Å². The number of aromatic nitrogens is 1. The largest absolute Gasteiger partial charge is 0.213 e. The molecule has 1 heteroatoms. The molecule has 3 aromatic rings. The second-order valence-electron chi connectivity index (χ2n) is 8.00. The Morgan fingerprint density at radius 3 is 2.62 bits per heavy atom. The van der Waals surface area contributed by atoms with E-state index in [0.29, 0.717) is 5.41 Å². The first-order valence-electron chi connectivity index (χ1n) is 9.08. The van der Waals surface area contributed by atoms with E-state index >= 15 is 0 Å². The maximum atomic E-state index is 2.65. The molecule has 0 N–H and O–H groups in total. The number of fused-ring (bicyclic) bond motifs is 8. The molecule has 24 heavy (non-hydrogen) atoms. The molecule has 2 aromatic carbocycles. The van der Waals surface area contributed by atoms with Gasteiger partial charge in [0.1, 0.15) is 0 Å². The van der Waals surface area contributed by atoms with Crippen molar-refractivity contribution in [2.75, 3.05) is 0 Å². The van der Waals surface area contributed by atoms with E-state index in [1.807, 2.05) is 0 Å². The highest BCUT2D eigenvalue weighted by atomic mass is 15.2. The van der Waals surface area contributed by atoms with Crippen LogP contribution in [0.1, 0.15) is 43.4 Å². The summed E-state index contributed by atoms with van der Waals surface area (Å²) in [6.07, 6.45) is 2.45. The summed E-state index contributed by atoms with van der Waals surface area (Å²) in [5.74, 6) is 0. The highest BCUT2D eigenvalue weighted by Crippen LogP contribution is 2.66. The Morgan fingerprint density at radius 1 is 1.04 bits per heavy atom. The van der Waals surface area contributed by atoms with Crippen molar-refractivity contribution in [2.24, 2.45) is 0 Å². The second-order valence-corrected chi connectivity index (χ2v) is 8.00. The van der Waals surface area contributed by atoms with E-state index in [2.05, 4.69) is 80.8 Å². The number of hydrogen-bond acceptors (Lipinski definition) is 0. The third kappa shape index (κ3) is 1.45. The fourth-order valence-corrected chi connectivity index (χ4v) is 5.63. The van der Waals surface area contributed by atoms with Gasteiger partial charge in [0.15, 0.2) is 5.54 Å². The van der Waals surface area contributed by atoms with Crippen LogP contribution >= 0.6 is 0 Å². The van der Waals surface area contributed by atoms with E-state index in [0.717, 1.165) is 0 Å². The maximum absolute atomic E-state index is 2.65. The van der Waals surface area contributed by atoms with Gasteiger partial charge in [-0.3, -0.25) is 0 Å². The summed E-state index contributed by atoms with van der Waals surface area (Å²) < 4.78 is 2.65. The minimum atomic E-state index is 0.199. The average molecular weight is 314 g/mol. The van der Waals surface area contributed by atoms with Crippen molar-refractivity contribution in [1.82, 2.24) is 0 Å². The van der Waals surface area contributed by atoms with Gasteiger partial charge in [0, 0.05) is 30.9 Å². The van der Waals surface area contributed by atoms with Crippen molar-refractivity contribution in [1.29, 1.82) is 0 Å². The molecule has 2 aliphatic rings. The van der Waals surface area contributed by atoms with Crippen LogP contribution in [0, 0.1) is 13.8 Å². The molecule has 1 nitrogen and oxygen atoms in total. The van der Waals surface area contributed by atoms with Gasteiger partial charge in [-0.25, -0.2) is 0 Å². The Hall–Kier alpha value is -2.15. The minimum Gasteiger partial charge on any atom is -0.185 e. The van der Waals surface area contributed by atoms with Gasteiger partial charge in [0.2, 0.25) is 11.2 Å². The molecule has 1 aromatic heterocycles. The van der Waals surface area contributed by atoms with Crippen LogP contribution in [-0.2, 0) is 11.0 Å². The monoisotopic (exact) mass is 314 g/mol. The molecular weight excluding hydrogens is 290 g/mol. The molecule has 1 fully saturated rings. The molecule has 2 unspecified atom stereocenters. The van der Waals surface area contributed by atoms with E-state index in [1.54, 1.807) is 5.56 Å². The SMILES string of the molecule is CCC12CC1(C)[n+]1c(ccc3ccccc31)-c1cc(C)cc(C)c12. The number of nitrogens with zero attached hydrogens (tertiary/aromatic N) is 1. The average Bonchev–Trinajstić information content (AvgIpc) is 3.21. The number of benzene rings is 2. The molecule has 120 valence electrons. The topological polar surface area (TPSA) is 3.88 Å². The molecule has 2 atom stereocenters. The van der Waals surface area contributed by atoms with Crippen LogP contribution in [0.3, 0.4) is 0 Å². The van der Waals surface area contributed by atoms with E-state index in [9.17, 15) is 0 Å². The van der Waals surface area contributed by atoms with E-state index in [-0.39, 0.29) is 5.54 Å². The second kappa shape index (κ2) is 4.27. The van der Waals surface area contributed by atoms with Crippen molar-refractivity contribution >= 4 is 10.9 Å². The molecule has 0 bridgehead atoms. The van der Waals surface area contributed by atoms with Crippen molar-refractivity contribution in [3.63, 3.8) is 0 Å². The first-order chi connectivity index (χ1) is 11.5. The predicted molar refractivity (Wildman–Crippen MR) is 99.3 cm³/mol. The van der Waals surface area contributed by atoms with Gasteiger partial charge < -0.3 is 0 Å². The van der Waals surface area contributed by atoms with Crippen LogP contribution in [0.2, 0.25) is 0 Å². The quantitative estimate of drug-likeness (QED) is 0.544. The number of hydrogen-bond donors (Lipinski definition) is 0. The fraction of sp³-hybridized carbons (Fsp3) is 0.348. The zero-order chi connectivity index (χ0) is 16.7. The van der Waals surface area contributed by atoms with Gasteiger partial charge in [-0.2, -0.15) is 4.57 Å². The van der Waals surface area contributed by atoms with Crippen LogP contribution in [0.5, 0.6) is 0 Å². The summed E-state index contributed by atoms with van der Waals surface area (Å²) in [4.78, 5) is 0. The van der Waals surface area contributed by atoms with E-state index in [1.165, 1.54) is 46.1 Å². The smallest absolute Gasteiger partial charge is 0.185 e. The number of aryl methyl sites for hydroxylation is 2. The van der Waals surface area contributed by atoms with E-state index < -0.39 is 0 Å². The maximum Gasteiger partial charge on any atom is 0.213 e. The Labute approximate surface area is 144 Å². The zero-order valence-corrected chi connectivity index (χ0v) is 15.0. The lowest BCUT2D eigenvalue weighted by Gasteiger charge is -2.29. The molecule has 2 heterocycles. The summed E-state index contributed by atoms with van der Waals surface area (Å²) in [5.41, 5.74) is 9.14. The number of pyridine rings is 1. The molecule has 1 saturated carbocycles. The van der Waals surface area contributed by atoms with Crippen molar-refractivity contribution in [3.05, 3.63) is 65.2 Å². The van der Waals surface area contributed by atoms with Crippen LogP contribution in [0.15, 0.2) is 48.5 Å². The lowest BCUT2D eigenvalue weighted by Crippen LogP contribution is -2.54. The Kier molecular flexibility index (Phi) is 2.53. The van der Waals surface area contributed by atoms with Crippen LogP contribution in [-0.4, -0.2) is 0 Å². The summed E-state index contributed by atoms with van der Waals surface area (Å²) in [6.45, 7) is 9.36. The van der Waals surface area contributed by atoms with Crippen LogP contribution in [0.25, 0.3) is 22.2 Å².